The Morgan fingerprint density at radius 2 is 2.06 bits per heavy atom. The van der Waals surface area contributed by atoms with E-state index in [9.17, 15) is 0 Å². The minimum absolute atomic E-state index is 0.698. The lowest BCUT2D eigenvalue weighted by atomic mass is 10.1. The Morgan fingerprint density at radius 3 is 2.82 bits per heavy atom. The van der Waals surface area contributed by atoms with Gasteiger partial charge in [-0.2, -0.15) is 5.10 Å². The van der Waals surface area contributed by atoms with Gasteiger partial charge >= 0.3 is 0 Å². The van der Waals surface area contributed by atoms with Gasteiger partial charge in [0.25, 0.3) is 0 Å². The molecule has 4 nitrogen and oxygen atoms in total. The summed E-state index contributed by atoms with van der Waals surface area (Å²) in [7, 11) is 1.85. The number of fused-ring (bicyclic) bond motifs is 1. The van der Waals surface area contributed by atoms with Crippen molar-refractivity contribution in [2.24, 2.45) is 7.05 Å². The molecule has 0 amide bonds. The molecule has 0 bridgehead atoms. The first-order chi connectivity index (χ1) is 8.25. The number of nitrogens with zero attached hydrogens (tertiary/aromatic N) is 4. The van der Waals surface area contributed by atoms with Crippen molar-refractivity contribution < 1.29 is 0 Å². The lowest BCUT2D eigenvalue weighted by Crippen LogP contribution is -1.90. The number of aromatic nitrogens is 4. The summed E-state index contributed by atoms with van der Waals surface area (Å²) in [6, 6.07) is 7.92. The van der Waals surface area contributed by atoms with Crippen LogP contribution in [0.15, 0.2) is 41.3 Å². The maximum absolute atomic E-state index is 4.41. The van der Waals surface area contributed by atoms with Crippen LogP contribution in [0.5, 0.6) is 0 Å². The van der Waals surface area contributed by atoms with Crippen molar-refractivity contribution in [3.05, 3.63) is 41.3 Å². The Kier molecular flexibility index (Phi) is 2.40. The topological polar surface area (TPSA) is 43.6 Å². The third-order valence-corrected chi connectivity index (χ3v) is 3.25. The molecule has 17 heavy (non-hydrogen) atoms. The van der Waals surface area contributed by atoms with E-state index in [1.165, 1.54) is 0 Å². The van der Waals surface area contributed by atoms with Crippen molar-refractivity contribution in [3.63, 3.8) is 0 Å². The van der Waals surface area contributed by atoms with Crippen LogP contribution in [0.3, 0.4) is 0 Å². The second kappa shape index (κ2) is 3.92. The van der Waals surface area contributed by atoms with Gasteiger partial charge < -0.3 is 0 Å². The van der Waals surface area contributed by atoms with Crippen molar-refractivity contribution in [1.82, 2.24) is 19.7 Å². The van der Waals surface area contributed by atoms with Gasteiger partial charge in [0.1, 0.15) is 6.33 Å². The number of halogens is 1. The predicted molar refractivity (Wildman–Crippen MR) is 69.4 cm³/mol. The number of rotatable bonds is 1. The van der Waals surface area contributed by atoms with Crippen LogP contribution in [0.4, 0.5) is 0 Å². The molecule has 0 saturated heterocycles. The van der Waals surface area contributed by atoms with Gasteiger partial charge in [0.15, 0.2) is 5.82 Å². The van der Waals surface area contributed by atoms with Crippen molar-refractivity contribution >= 4 is 26.8 Å². The number of benzene rings is 1. The van der Waals surface area contributed by atoms with E-state index in [2.05, 4.69) is 31.0 Å². The summed E-state index contributed by atoms with van der Waals surface area (Å²) in [5.74, 6) is 0.698. The molecule has 0 aliphatic carbocycles. The van der Waals surface area contributed by atoms with E-state index in [0.717, 1.165) is 20.9 Å². The maximum Gasteiger partial charge on any atom is 0.183 e. The van der Waals surface area contributed by atoms with Crippen LogP contribution in [-0.2, 0) is 7.05 Å². The molecule has 1 aromatic carbocycles. The minimum atomic E-state index is 0.698. The van der Waals surface area contributed by atoms with E-state index in [4.69, 9.17) is 0 Å². The van der Waals surface area contributed by atoms with E-state index in [-0.39, 0.29) is 0 Å². The first-order valence-electron chi connectivity index (χ1n) is 5.15. The van der Waals surface area contributed by atoms with Crippen molar-refractivity contribution in [2.75, 3.05) is 0 Å². The second-order valence-electron chi connectivity index (χ2n) is 3.74. The average molecular weight is 289 g/mol. The number of aryl methyl sites for hydroxylation is 1. The highest BCUT2D eigenvalue weighted by Gasteiger charge is 2.10. The summed E-state index contributed by atoms with van der Waals surface area (Å²) < 4.78 is 2.71. The molecule has 3 aromatic rings. The van der Waals surface area contributed by atoms with Crippen LogP contribution >= 0.6 is 15.9 Å². The van der Waals surface area contributed by atoms with Gasteiger partial charge in [-0.3, -0.25) is 9.67 Å². The Hall–Kier alpha value is -1.75. The molecule has 0 fully saturated rings. The van der Waals surface area contributed by atoms with Gasteiger partial charge in [-0.15, -0.1) is 0 Å². The zero-order valence-corrected chi connectivity index (χ0v) is 10.7. The Balaban J connectivity index is 2.34. The summed E-state index contributed by atoms with van der Waals surface area (Å²) in [6.45, 7) is 0. The molecule has 84 valence electrons. The highest BCUT2D eigenvalue weighted by atomic mass is 79.9. The first-order valence-corrected chi connectivity index (χ1v) is 5.94. The molecule has 0 saturated carbocycles. The second-order valence-corrected chi connectivity index (χ2v) is 4.59. The van der Waals surface area contributed by atoms with Crippen LogP contribution in [-0.4, -0.2) is 19.7 Å². The molecule has 0 atom stereocenters. The standard InChI is InChI=1S/C12H9BrN4/c1-17-7-15-12(16-17)9-4-5-10(13)8-3-2-6-14-11(8)9/h2-7H,1H3. The molecule has 0 aliphatic heterocycles. The van der Waals surface area contributed by atoms with E-state index in [1.807, 2.05) is 31.3 Å². The summed E-state index contributed by atoms with van der Waals surface area (Å²) in [4.78, 5) is 8.67. The quantitative estimate of drug-likeness (QED) is 0.692. The van der Waals surface area contributed by atoms with E-state index < -0.39 is 0 Å². The fraction of sp³-hybridized carbons (Fsp3) is 0.0833. The fourth-order valence-corrected chi connectivity index (χ4v) is 2.23. The molecule has 5 heteroatoms. The molecular formula is C12H9BrN4. The van der Waals surface area contributed by atoms with Gasteiger partial charge in [0.2, 0.25) is 0 Å². The SMILES string of the molecule is Cn1cnc(-c2ccc(Br)c3cccnc23)n1. The normalized spacial score (nSPS) is 10.9. The summed E-state index contributed by atoms with van der Waals surface area (Å²) in [5, 5.41) is 5.38. The van der Waals surface area contributed by atoms with Gasteiger partial charge in [-0.1, -0.05) is 22.0 Å². The fourth-order valence-electron chi connectivity index (χ4n) is 1.78. The van der Waals surface area contributed by atoms with Gasteiger partial charge in [-0.25, -0.2) is 4.98 Å². The van der Waals surface area contributed by atoms with Crippen molar-refractivity contribution in [3.8, 4) is 11.4 Å². The smallest absolute Gasteiger partial charge is 0.183 e. The van der Waals surface area contributed by atoms with Crippen LogP contribution in [0.2, 0.25) is 0 Å². The lowest BCUT2D eigenvalue weighted by molar-refractivity contribution is 0.768. The van der Waals surface area contributed by atoms with Crippen molar-refractivity contribution in [1.29, 1.82) is 0 Å². The molecule has 2 aromatic heterocycles. The third-order valence-electron chi connectivity index (χ3n) is 2.56. The van der Waals surface area contributed by atoms with Crippen LogP contribution in [0.25, 0.3) is 22.3 Å². The van der Waals surface area contributed by atoms with Crippen LogP contribution < -0.4 is 0 Å². The highest BCUT2D eigenvalue weighted by Crippen LogP contribution is 2.29. The summed E-state index contributed by atoms with van der Waals surface area (Å²) >= 11 is 3.52. The molecular weight excluding hydrogens is 280 g/mol. The van der Waals surface area contributed by atoms with Gasteiger partial charge in [-0.05, 0) is 18.2 Å². The molecule has 0 spiro atoms. The Bertz CT molecular complexity index is 690. The van der Waals surface area contributed by atoms with Crippen LogP contribution in [0.1, 0.15) is 0 Å². The first kappa shape index (κ1) is 10.4. The molecule has 0 unspecified atom stereocenters. The molecule has 3 rings (SSSR count). The summed E-state index contributed by atoms with van der Waals surface area (Å²) in [6.07, 6.45) is 3.47. The monoisotopic (exact) mass is 288 g/mol. The maximum atomic E-state index is 4.41. The van der Waals surface area contributed by atoms with Gasteiger partial charge in [0, 0.05) is 28.7 Å². The number of hydrogen-bond acceptors (Lipinski definition) is 3. The highest BCUT2D eigenvalue weighted by molar-refractivity contribution is 9.10. The van der Waals surface area contributed by atoms with E-state index >= 15 is 0 Å². The number of pyridine rings is 1. The van der Waals surface area contributed by atoms with E-state index in [0.29, 0.717) is 5.82 Å². The molecule has 0 radical (unpaired) electrons. The minimum Gasteiger partial charge on any atom is -0.255 e. The van der Waals surface area contributed by atoms with Crippen LogP contribution in [0, 0.1) is 0 Å². The lowest BCUT2D eigenvalue weighted by Gasteiger charge is -2.03. The third kappa shape index (κ3) is 1.72. The zero-order chi connectivity index (χ0) is 11.8. The molecule has 0 N–H and O–H groups in total. The van der Waals surface area contributed by atoms with Gasteiger partial charge in [0.05, 0.1) is 5.52 Å². The average Bonchev–Trinajstić information content (AvgIpc) is 2.77. The Morgan fingerprint density at radius 1 is 1.18 bits per heavy atom. The number of hydrogen-bond donors (Lipinski definition) is 0. The predicted octanol–water partition coefficient (Wildman–Crippen LogP) is 2.79. The van der Waals surface area contributed by atoms with E-state index in [1.54, 1.807) is 17.2 Å². The Labute approximate surface area is 106 Å². The molecule has 0 aliphatic rings. The largest absolute Gasteiger partial charge is 0.255 e. The zero-order valence-electron chi connectivity index (χ0n) is 9.13. The van der Waals surface area contributed by atoms with Crippen molar-refractivity contribution in [2.45, 2.75) is 0 Å². The molecule has 2 heterocycles. The summed E-state index contributed by atoms with van der Waals surface area (Å²) in [5.41, 5.74) is 1.86.